The van der Waals surface area contributed by atoms with Gasteiger partial charge in [-0.2, -0.15) is 0 Å². The molecule has 0 radical (unpaired) electrons. The zero-order valence-electron chi connectivity index (χ0n) is 7.30. The van der Waals surface area contributed by atoms with E-state index < -0.39 is 0 Å². The monoisotopic (exact) mass is 182 g/mol. The van der Waals surface area contributed by atoms with Gasteiger partial charge in [0.25, 0.3) is 0 Å². The Hall–Kier alpha value is -1.42. The summed E-state index contributed by atoms with van der Waals surface area (Å²) in [7, 11) is 0. The van der Waals surface area contributed by atoms with E-state index in [1.165, 1.54) is 12.1 Å². The van der Waals surface area contributed by atoms with E-state index >= 15 is 0 Å². The molecule has 0 atom stereocenters. The molecule has 0 spiro atoms. The summed E-state index contributed by atoms with van der Waals surface area (Å²) in [5, 5.41) is 2.47. The summed E-state index contributed by atoms with van der Waals surface area (Å²) < 4.78 is 12.8. The minimum Gasteiger partial charge on any atom is -0.325 e. The Morgan fingerprint density at radius 1 is 1.54 bits per heavy atom. The number of anilines is 1. The number of nitrogens with one attached hydrogen (secondary N) is 1. The molecule has 1 amide bonds. The van der Waals surface area contributed by atoms with Crippen LogP contribution in [0.4, 0.5) is 10.1 Å². The minimum atomic E-state index is -0.368. The van der Waals surface area contributed by atoms with E-state index in [2.05, 4.69) is 5.32 Å². The molecule has 4 heteroatoms. The number of aryl methyl sites for hydroxylation is 1. The molecule has 0 fully saturated rings. The van der Waals surface area contributed by atoms with E-state index in [-0.39, 0.29) is 18.3 Å². The van der Waals surface area contributed by atoms with Crippen molar-refractivity contribution in [1.82, 2.24) is 0 Å². The van der Waals surface area contributed by atoms with E-state index in [9.17, 15) is 9.18 Å². The molecule has 70 valence electrons. The van der Waals surface area contributed by atoms with Gasteiger partial charge in [-0.3, -0.25) is 4.79 Å². The molecule has 0 aliphatic heterocycles. The highest BCUT2D eigenvalue weighted by Crippen LogP contribution is 2.12. The number of nitrogens with two attached hydrogens (primary N) is 1. The highest BCUT2D eigenvalue weighted by atomic mass is 19.1. The zero-order chi connectivity index (χ0) is 9.84. The molecule has 0 aromatic heterocycles. The highest BCUT2D eigenvalue weighted by Gasteiger charge is 2.01. The predicted molar refractivity (Wildman–Crippen MR) is 48.8 cm³/mol. The SMILES string of the molecule is Cc1cc(F)cc(NC(=O)CN)c1. The van der Waals surface area contributed by atoms with Crippen LogP contribution in [-0.2, 0) is 4.79 Å². The average Bonchev–Trinajstić information content (AvgIpc) is 2.02. The Morgan fingerprint density at radius 2 is 2.23 bits per heavy atom. The zero-order valence-corrected chi connectivity index (χ0v) is 7.30. The van der Waals surface area contributed by atoms with Gasteiger partial charge < -0.3 is 11.1 Å². The summed E-state index contributed by atoms with van der Waals surface area (Å²) in [6.07, 6.45) is 0. The standard InChI is InChI=1S/C9H11FN2O/c1-6-2-7(10)4-8(3-6)12-9(13)5-11/h2-4H,5,11H2,1H3,(H,12,13). The molecule has 0 unspecified atom stereocenters. The minimum absolute atomic E-state index is 0.102. The Labute approximate surface area is 75.7 Å². The number of carbonyl (C=O) groups excluding carboxylic acids is 1. The normalized spacial score (nSPS) is 9.77. The average molecular weight is 182 g/mol. The molecule has 0 aliphatic rings. The summed E-state index contributed by atoms with van der Waals surface area (Å²) in [4.78, 5) is 10.8. The van der Waals surface area contributed by atoms with Crippen molar-refractivity contribution >= 4 is 11.6 Å². The Balaban J connectivity index is 2.83. The van der Waals surface area contributed by atoms with Crippen LogP contribution in [0.15, 0.2) is 18.2 Å². The summed E-state index contributed by atoms with van der Waals surface area (Å²) in [6, 6.07) is 4.31. The molecule has 0 saturated carbocycles. The van der Waals surface area contributed by atoms with E-state index in [0.29, 0.717) is 5.69 Å². The fourth-order valence-corrected chi connectivity index (χ4v) is 1.02. The molecule has 13 heavy (non-hydrogen) atoms. The van der Waals surface area contributed by atoms with Gasteiger partial charge in [0.1, 0.15) is 5.82 Å². The van der Waals surface area contributed by atoms with E-state index in [4.69, 9.17) is 5.73 Å². The molecule has 1 aromatic rings. The first kappa shape index (κ1) is 9.67. The Kier molecular flexibility index (Phi) is 2.97. The summed E-state index contributed by atoms with van der Waals surface area (Å²) in [5.74, 6) is -0.697. The van der Waals surface area contributed by atoms with Crippen molar-refractivity contribution in [2.45, 2.75) is 6.92 Å². The lowest BCUT2D eigenvalue weighted by molar-refractivity contribution is -0.114. The number of benzene rings is 1. The summed E-state index contributed by atoms with van der Waals surface area (Å²) in [5.41, 5.74) is 6.28. The molecule has 0 heterocycles. The van der Waals surface area contributed by atoms with Gasteiger partial charge in [-0.1, -0.05) is 0 Å². The van der Waals surface area contributed by atoms with Gasteiger partial charge in [0, 0.05) is 5.69 Å². The van der Waals surface area contributed by atoms with Crippen LogP contribution in [0.1, 0.15) is 5.56 Å². The fraction of sp³-hybridized carbons (Fsp3) is 0.222. The smallest absolute Gasteiger partial charge is 0.238 e. The lowest BCUT2D eigenvalue weighted by atomic mass is 10.2. The van der Waals surface area contributed by atoms with Gasteiger partial charge in [0.15, 0.2) is 0 Å². The number of amides is 1. The maximum Gasteiger partial charge on any atom is 0.238 e. The van der Waals surface area contributed by atoms with E-state index in [0.717, 1.165) is 5.56 Å². The second-order valence-corrected chi connectivity index (χ2v) is 2.77. The number of carbonyl (C=O) groups is 1. The number of hydrogen-bond acceptors (Lipinski definition) is 2. The van der Waals surface area contributed by atoms with Gasteiger partial charge in [-0.15, -0.1) is 0 Å². The maximum absolute atomic E-state index is 12.8. The summed E-state index contributed by atoms with van der Waals surface area (Å²) in [6.45, 7) is 1.65. The second-order valence-electron chi connectivity index (χ2n) is 2.77. The van der Waals surface area contributed by atoms with E-state index in [1.807, 2.05) is 0 Å². The lowest BCUT2D eigenvalue weighted by Crippen LogP contribution is -2.21. The van der Waals surface area contributed by atoms with Gasteiger partial charge in [0.2, 0.25) is 5.91 Å². The second kappa shape index (κ2) is 4.00. The first-order valence-corrected chi connectivity index (χ1v) is 3.89. The van der Waals surface area contributed by atoms with Crippen molar-refractivity contribution in [3.8, 4) is 0 Å². The van der Waals surface area contributed by atoms with Gasteiger partial charge >= 0.3 is 0 Å². The lowest BCUT2D eigenvalue weighted by Gasteiger charge is -2.04. The van der Waals surface area contributed by atoms with Crippen molar-refractivity contribution < 1.29 is 9.18 Å². The summed E-state index contributed by atoms with van der Waals surface area (Å²) >= 11 is 0. The first-order chi connectivity index (χ1) is 6.11. The van der Waals surface area contributed by atoms with Gasteiger partial charge in [-0.05, 0) is 30.7 Å². The number of hydrogen-bond donors (Lipinski definition) is 2. The van der Waals surface area contributed by atoms with Crippen LogP contribution in [0.3, 0.4) is 0 Å². The molecule has 0 aliphatic carbocycles. The van der Waals surface area contributed by atoms with Crippen LogP contribution in [0.2, 0.25) is 0 Å². The number of halogens is 1. The quantitative estimate of drug-likeness (QED) is 0.717. The highest BCUT2D eigenvalue weighted by molar-refractivity contribution is 5.92. The van der Waals surface area contributed by atoms with Crippen LogP contribution in [0.5, 0.6) is 0 Å². The maximum atomic E-state index is 12.8. The third-order valence-electron chi connectivity index (χ3n) is 1.51. The van der Waals surface area contributed by atoms with E-state index in [1.54, 1.807) is 13.0 Å². The fourth-order valence-electron chi connectivity index (χ4n) is 1.02. The Bertz CT molecular complexity index is 305. The molecule has 0 saturated heterocycles. The first-order valence-electron chi connectivity index (χ1n) is 3.89. The van der Waals surface area contributed by atoms with Crippen molar-refractivity contribution in [2.75, 3.05) is 11.9 Å². The molecule has 1 rings (SSSR count). The third kappa shape index (κ3) is 2.83. The number of rotatable bonds is 2. The molecule has 3 nitrogen and oxygen atoms in total. The topological polar surface area (TPSA) is 55.1 Å². The molecular weight excluding hydrogens is 171 g/mol. The van der Waals surface area contributed by atoms with Crippen molar-refractivity contribution in [3.05, 3.63) is 29.6 Å². The molecule has 1 aromatic carbocycles. The predicted octanol–water partition coefficient (Wildman–Crippen LogP) is 1.03. The van der Waals surface area contributed by atoms with Crippen LogP contribution in [-0.4, -0.2) is 12.5 Å². The van der Waals surface area contributed by atoms with Gasteiger partial charge in [0.05, 0.1) is 6.54 Å². The molecule has 0 bridgehead atoms. The van der Waals surface area contributed by atoms with Crippen LogP contribution < -0.4 is 11.1 Å². The largest absolute Gasteiger partial charge is 0.325 e. The molecular formula is C9H11FN2O. The van der Waals surface area contributed by atoms with Crippen LogP contribution >= 0.6 is 0 Å². The third-order valence-corrected chi connectivity index (χ3v) is 1.51. The molecule has 3 N–H and O–H groups in total. The van der Waals surface area contributed by atoms with Gasteiger partial charge in [-0.25, -0.2) is 4.39 Å². The van der Waals surface area contributed by atoms with Crippen LogP contribution in [0.25, 0.3) is 0 Å². The van der Waals surface area contributed by atoms with Crippen molar-refractivity contribution in [1.29, 1.82) is 0 Å². The van der Waals surface area contributed by atoms with Crippen molar-refractivity contribution in [2.24, 2.45) is 5.73 Å². The van der Waals surface area contributed by atoms with Crippen LogP contribution in [0, 0.1) is 12.7 Å². The Morgan fingerprint density at radius 3 is 2.77 bits per heavy atom. The van der Waals surface area contributed by atoms with Crippen molar-refractivity contribution in [3.63, 3.8) is 0 Å².